The molecule has 0 aliphatic rings. The van der Waals surface area contributed by atoms with Gasteiger partial charge in [-0.1, -0.05) is 48.5 Å². The topological polar surface area (TPSA) is 73.1 Å². The zero-order valence-electron chi connectivity index (χ0n) is 18.2. The second-order valence-electron chi connectivity index (χ2n) is 7.98. The van der Waals surface area contributed by atoms with Gasteiger partial charge in [-0.3, -0.25) is 18.7 Å². The minimum absolute atomic E-state index is 0.0873. The Kier molecular flexibility index (Phi) is 6.84. The molecule has 8 heteroatoms. The van der Waals surface area contributed by atoms with Crippen LogP contribution in [-0.4, -0.2) is 21.1 Å². The fourth-order valence-electron chi connectivity index (χ4n) is 3.79. The molecule has 0 spiro atoms. The summed E-state index contributed by atoms with van der Waals surface area (Å²) < 4.78 is 16.8. The first kappa shape index (κ1) is 22.7. The van der Waals surface area contributed by atoms with Gasteiger partial charge in [-0.05, 0) is 42.8 Å². The zero-order chi connectivity index (χ0) is 23.4. The summed E-state index contributed by atoms with van der Waals surface area (Å²) in [6, 6.07) is 17.6. The Labute approximate surface area is 193 Å². The molecule has 6 nitrogen and oxygen atoms in total. The number of rotatable bonds is 8. The largest absolute Gasteiger partial charge is 0.352 e. The number of benzene rings is 2. The number of carbonyl (C=O) groups is 1. The van der Waals surface area contributed by atoms with Gasteiger partial charge < -0.3 is 5.32 Å². The van der Waals surface area contributed by atoms with Crippen molar-refractivity contribution in [3.8, 4) is 0 Å². The Morgan fingerprint density at radius 1 is 1.03 bits per heavy atom. The Hall–Kier alpha value is -3.52. The molecule has 0 aliphatic carbocycles. The van der Waals surface area contributed by atoms with E-state index in [-0.39, 0.29) is 30.6 Å². The van der Waals surface area contributed by atoms with Crippen LogP contribution in [-0.2, 0) is 24.3 Å². The fraction of sp³-hybridized carbons (Fsp3) is 0.240. The summed E-state index contributed by atoms with van der Waals surface area (Å²) in [5.74, 6) is -0.812. The van der Waals surface area contributed by atoms with E-state index in [9.17, 15) is 18.8 Å². The summed E-state index contributed by atoms with van der Waals surface area (Å²) in [4.78, 5) is 38.8. The number of carbonyl (C=O) groups excluding carboxylic acids is 1. The van der Waals surface area contributed by atoms with Gasteiger partial charge in [-0.2, -0.15) is 0 Å². The van der Waals surface area contributed by atoms with E-state index in [4.69, 9.17) is 0 Å². The van der Waals surface area contributed by atoms with Crippen LogP contribution in [0.25, 0.3) is 10.2 Å². The highest BCUT2D eigenvalue weighted by atomic mass is 32.1. The molecular formula is C25H24FN3O3S. The minimum atomic E-state index is -0.638. The lowest BCUT2D eigenvalue weighted by atomic mass is 10.1. The number of hydrogen-bond acceptors (Lipinski definition) is 4. The predicted octanol–water partition coefficient (Wildman–Crippen LogP) is 3.55. The summed E-state index contributed by atoms with van der Waals surface area (Å²) in [5, 5.41) is 4.64. The van der Waals surface area contributed by atoms with E-state index in [0.29, 0.717) is 10.2 Å². The highest BCUT2D eigenvalue weighted by molar-refractivity contribution is 7.17. The van der Waals surface area contributed by atoms with Gasteiger partial charge in [0.25, 0.3) is 5.56 Å². The molecule has 2 aromatic heterocycles. The molecule has 4 rings (SSSR count). The molecule has 1 atom stereocenters. The van der Waals surface area contributed by atoms with Crippen molar-refractivity contribution in [1.82, 2.24) is 14.5 Å². The molecule has 0 unspecified atom stereocenters. The van der Waals surface area contributed by atoms with Crippen LogP contribution in [0.4, 0.5) is 4.39 Å². The number of amides is 1. The average molecular weight is 466 g/mol. The molecule has 2 heterocycles. The van der Waals surface area contributed by atoms with Crippen molar-refractivity contribution in [2.75, 3.05) is 0 Å². The maximum absolute atomic E-state index is 14.2. The van der Waals surface area contributed by atoms with Crippen LogP contribution in [0.15, 0.2) is 75.6 Å². The van der Waals surface area contributed by atoms with Crippen LogP contribution >= 0.6 is 11.3 Å². The first-order valence-corrected chi connectivity index (χ1v) is 11.6. The Morgan fingerprint density at radius 2 is 1.76 bits per heavy atom. The summed E-state index contributed by atoms with van der Waals surface area (Å²) in [6.45, 7) is 1.50. The molecule has 0 bridgehead atoms. The van der Waals surface area contributed by atoms with Crippen LogP contribution in [0.3, 0.4) is 0 Å². The standard InChI is InChI=1S/C25H24FN3O3S/c1-17(11-12-18-7-3-2-4-8-18)27-22(30)16-28-21-13-14-33-23(21)24(31)29(25(28)32)15-19-9-5-6-10-20(19)26/h2-10,13-14,17H,11-12,15-16H2,1H3,(H,27,30)/t17-/m0/s1. The summed E-state index contributed by atoms with van der Waals surface area (Å²) in [6.07, 6.45) is 1.58. The third-order valence-electron chi connectivity index (χ3n) is 5.54. The lowest BCUT2D eigenvalue weighted by Crippen LogP contribution is -2.43. The van der Waals surface area contributed by atoms with Gasteiger partial charge in [-0.25, -0.2) is 9.18 Å². The third kappa shape index (κ3) is 5.12. The van der Waals surface area contributed by atoms with Crippen LogP contribution in [0.5, 0.6) is 0 Å². The van der Waals surface area contributed by atoms with Crippen molar-refractivity contribution in [2.24, 2.45) is 0 Å². The number of aromatic nitrogens is 2. The second kappa shape index (κ2) is 9.95. The lowest BCUT2D eigenvalue weighted by Gasteiger charge is -2.16. The number of halogens is 1. The molecule has 1 N–H and O–H groups in total. The van der Waals surface area contributed by atoms with Crippen LogP contribution in [0.1, 0.15) is 24.5 Å². The van der Waals surface area contributed by atoms with Gasteiger partial charge in [0, 0.05) is 11.6 Å². The normalized spacial score (nSPS) is 12.1. The van der Waals surface area contributed by atoms with E-state index in [1.165, 1.54) is 33.6 Å². The molecule has 1 amide bonds. The van der Waals surface area contributed by atoms with Gasteiger partial charge in [0.1, 0.15) is 17.1 Å². The molecule has 0 saturated carbocycles. The number of hydrogen-bond donors (Lipinski definition) is 1. The predicted molar refractivity (Wildman–Crippen MR) is 128 cm³/mol. The summed E-state index contributed by atoms with van der Waals surface area (Å²) in [7, 11) is 0. The third-order valence-corrected chi connectivity index (χ3v) is 6.43. The van der Waals surface area contributed by atoms with Gasteiger partial charge in [-0.15, -0.1) is 11.3 Å². The van der Waals surface area contributed by atoms with Crippen LogP contribution < -0.4 is 16.6 Å². The first-order valence-electron chi connectivity index (χ1n) is 10.7. The number of aryl methyl sites for hydroxylation is 1. The summed E-state index contributed by atoms with van der Waals surface area (Å²) in [5.41, 5.74) is 0.711. The van der Waals surface area contributed by atoms with E-state index in [2.05, 4.69) is 5.32 Å². The maximum atomic E-state index is 14.2. The Bertz CT molecular complexity index is 1390. The van der Waals surface area contributed by atoms with Crippen molar-refractivity contribution < 1.29 is 9.18 Å². The van der Waals surface area contributed by atoms with Crippen molar-refractivity contribution in [2.45, 2.75) is 38.9 Å². The molecule has 0 fully saturated rings. The summed E-state index contributed by atoms with van der Waals surface area (Å²) >= 11 is 1.19. The van der Waals surface area contributed by atoms with Crippen molar-refractivity contribution in [3.05, 3.63) is 104 Å². The molecule has 0 saturated heterocycles. The van der Waals surface area contributed by atoms with E-state index in [1.807, 2.05) is 37.3 Å². The van der Waals surface area contributed by atoms with Crippen LogP contribution in [0, 0.1) is 5.82 Å². The van der Waals surface area contributed by atoms with Gasteiger partial charge in [0.05, 0.1) is 12.1 Å². The van der Waals surface area contributed by atoms with Gasteiger partial charge >= 0.3 is 5.69 Å². The molecular weight excluding hydrogens is 441 g/mol. The Balaban J connectivity index is 1.55. The lowest BCUT2D eigenvalue weighted by molar-refractivity contribution is -0.122. The molecule has 170 valence electrons. The number of nitrogens with zero attached hydrogens (tertiary/aromatic N) is 2. The van der Waals surface area contributed by atoms with Crippen LogP contribution in [0.2, 0.25) is 0 Å². The van der Waals surface area contributed by atoms with E-state index < -0.39 is 17.1 Å². The molecule has 0 radical (unpaired) electrons. The molecule has 33 heavy (non-hydrogen) atoms. The van der Waals surface area contributed by atoms with E-state index in [1.54, 1.807) is 23.6 Å². The second-order valence-corrected chi connectivity index (χ2v) is 8.90. The van der Waals surface area contributed by atoms with E-state index >= 15 is 0 Å². The highest BCUT2D eigenvalue weighted by Crippen LogP contribution is 2.16. The van der Waals surface area contributed by atoms with Crippen molar-refractivity contribution in [3.63, 3.8) is 0 Å². The van der Waals surface area contributed by atoms with Gasteiger partial charge in [0.15, 0.2) is 0 Å². The molecule has 4 aromatic rings. The Morgan fingerprint density at radius 3 is 2.52 bits per heavy atom. The van der Waals surface area contributed by atoms with Gasteiger partial charge in [0.2, 0.25) is 5.91 Å². The minimum Gasteiger partial charge on any atom is -0.352 e. The molecule has 0 aliphatic heterocycles. The maximum Gasteiger partial charge on any atom is 0.332 e. The SMILES string of the molecule is C[C@@H](CCc1ccccc1)NC(=O)Cn1c(=O)n(Cc2ccccc2F)c(=O)c2sccc21. The van der Waals surface area contributed by atoms with E-state index in [0.717, 1.165) is 17.4 Å². The number of fused-ring (bicyclic) bond motifs is 1. The quantitative estimate of drug-likeness (QED) is 0.433. The average Bonchev–Trinajstić information content (AvgIpc) is 3.30. The first-order chi connectivity index (χ1) is 15.9. The monoisotopic (exact) mass is 465 g/mol. The van der Waals surface area contributed by atoms with Crippen molar-refractivity contribution >= 4 is 27.5 Å². The highest BCUT2D eigenvalue weighted by Gasteiger charge is 2.18. The fourth-order valence-corrected chi connectivity index (χ4v) is 4.63. The number of thiophene rings is 1. The number of nitrogens with one attached hydrogen (secondary N) is 1. The zero-order valence-corrected chi connectivity index (χ0v) is 19.0. The smallest absolute Gasteiger partial charge is 0.332 e. The van der Waals surface area contributed by atoms with Crippen molar-refractivity contribution in [1.29, 1.82) is 0 Å². The molecule has 2 aromatic carbocycles.